The van der Waals surface area contributed by atoms with Crippen LogP contribution in [-0.4, -0.2) is 27.9 Å². The number of nitrogens with zero attached hydrogens (tertiary/aromatic N) is 2. The molecule has 7 heteroatoms. The molecule has 0 amide bonds. The molecule has 1 aliphatic rings. The van der Waals surface area contributed by atoms with E-state index in [9.17, 15) is 9.59 Å². The quantitative estimate of drug-likeness (QED) is 0.362. The lowest BCUT2D eigenvalue weighted by molar-refractivity contribution is -0.139. The molecule has 1 atom stereocenters. The van der Waals surface area contributed by atoms with Crippen molar-refractivity contribution in [3.8, 4) is 5.69 Å². The number of carbonyl (C=O) groups is 1. The molecule has 2 aromatic heterocycles. The van der Waals surface area contributed by atoms with Crippen molar-refractivity contribution in [3.05, 3.63) is 50.6 Å². The van der Waals surface area contributed by atoms with Gasteiger partial charge in [0.1, 0.15) is 10.1 Å². The second kappa shape index (κ2) is 7.72. The van der Waals surface area contributed by atoms with Crippen molar-refractivity contribution >= 4 is 39.3 Å². The number of benzene rings is 1. The van der Waals surface area contributed by atoms with Gasteiger partial charge in [0.05, 0.1) is 18.2 Å². The van der Waals surface area contributed by atoms with Crippen molar-refractivity contribution in [2.75, 3.05) is 7.11 Å². The molecular weight excluding hydrogens is 392 g/mol. The standard InChI is InChI=1S/C21H22N2O3S2/c1-12-7-6-8-14(11-12)23-19(24)17-15-9-4-5-10-16(15)28-18(17)22-21(23)27-13(2)20(25)26-3/h6-8,11,13H,4-5,9-10H2,1-3H3. The summed E-state index contributed by atoms with van der Waals surface area (Å²) in [5.74, 6) is -0.333. The zero-order valence-electron chi connectivity index (χ0n) is 16.2. The second-order valence-electron chi connectivity index (χ2n) is 7.05. The highest BCUT2D eigenvalue weighted by Crippen LogP contribution is 2.35. The van der Waals surface area contributed by atoms with Crippen LogP contribution < -0.4 is 5.56 Å². The van der Waals surface area contributed by atoms with Gasteiger partial charge in [-0.3, -0.25) is 14.2 Å². The maximum Gasteiger partial charge on any atom is 0.318 e. The molecule has 0 aliphatic heterocycles. The van der Waals surface area contributed by atoms with Gasteiger partial charge in [-0.1, -0.05) is 23.9 Å². The highest BCUT2D eigenvalue weighted by Gasteiger charge is 2.25. The summed E-state index contributed by atoms with van der Waals surface area (Å²) in [6.07, 6.45) is 4.22. The number of thioether (sulfide) groups is 1. The number of aromatic nitrogens is 2. The van der Waals surface area contributed by atoms with E-state index in [0.717, 1.165) is 47.2 Å². The van der Waals surface area contributed by atoms with Crippen molar-refractivity contribution < 1.29 is 9.53 Å². The van der Waals surface area contributed by atoms with E-state index < -0.39 is 5.25 Å². The third kappa shape index (κ3) is 3.37. The molecule has 2 heterocycles. The van der Waals surface area contributed by atoms with Crippen molar-refractivity contribution in [2.45, 2.75) is 49.9 Å². The van der Waals surface area contributed by atoms with Crippen LogP contribution in [0.4, 0.5) is 0 Å². The Hall–Kier alpha value is -2.12. The van der Waals surface area contributed by atoms with Crippen molar-refractivity contribution in [1.29, 1.82) is 0 Å². The van der Waals surface area contributed by atoms with Gasteiger partial charge in [0.25, 0.3) is 5.56 Å². The molecule has 28 heavy (non-hydrogen) atoms. The van der Waals surface area contributed by atoms with Gasteiger partial charge in [-0.25, -0.2) is 4.98 Å². The Morgan fingerprint density at radius 2 is 2.11 bits per heavy atom. The van der Waals surface area contributed by atoms with Crippen LogP contribution in [0.2, 0.25) is 0 Å². The van der Waals surface area contributed by atoms with Crippen LogP contribution in [0.1, 0.15) is 35.8 Å². The smallest absolute Gasteiger partial charge is 0.318 e. The van der Waals surface area contributed by atoms with Gasteiger partial charge in [0, 0.05) is 4.88 Å². The molecule has 0 saturated carbocycles. The fourth-order valence-electron chi connectivity index (χ4n) is 3.63. The van der Waals surface area contributed by atoms with Gasteiger partial charge in [-0.05, 0) is 62.8 Å². The minimum atomic E-state index is -0.458. The zero-order chi connectivity index (χ0) is 19.8. The van der Waals surface area contributed by atoms with Gasteiger partial charge in [-0.15, -0.1) is 11.3 Å². The fourth-order valence-corrected chi connectivity index (χ4v) is 5.89. The predicted molar refractivity (Wildman–Crippen MR) is 114 cm³/mol. The monoisotopic (exact) mass is 414 g/mol. The summed E-state index contributed by atoms with van der Waals surface area (Å²) in [4.78, 5) is 32.5. The summed E-state index contributed by atoms with van der Waals surface area (Å²) in [6, 6.07) is 7.81. The van der Waals surface area contributed by atoms with E-state index in [1.54, 1.807) is 22.8 Å². The molecule has 5 nitrogen and oxygen atoms in total. The molecule has 0 N–H and O–H groups in total. The first kappa shape index (κ1) is 19.2. The molecule has 0 spiro atoms. The van der Waals surface area contributed by atoms with Crippen LogP contribution in [0.25, 0.3) is 15.9 Å². The number of rotatable bonds is 4. The topological polar surface area (TPSA) is 61.2 Å². The SMILES string of the molecule is COC(=O)C(C)Sc1nc2sc3c(c2c(=O)n1-c1cccc(C)c1)CCCC3. The first-order valence-corrected chi connectivity index (χ1v) is 11.1. The summed E-state index contributed by atoms with van der Waals surface area (Å²) in [7, 11) is 1.37. The number of ether oxygens (including phenoxy) is 1. The summed E-state index contributed by atoms with van der Waals surface area (Å²) >= 11 is 2.88. The maximum atomic E-state index is 13.6. The lowest BCUT2D eigenvalue weighted by atomic mass is 9.97. The molecular formula is C21H22N2O3S2. The number of hydrogen-bond donors (Lipinski definition) is 0. The average Bonchev–Trinajstić information content (AvgIpc) is 3.05. The van der Waals surface area contributed by atoms with E-state index in [2.05, 4.69) is 0 Å². The average molecular weight is 415 g/mol. The van der Waals surface area contributed by atoms with Crippen LogP contribution in [0.5, 0.6) is 0 Å². The predicted octanol–water partition coefficient (Wildman–Crippen LogP) is 4.29. The first-order valence-electron chi connectivity index (χ1n) is 9.38. The summed E-state index contributed by atoms with van der Waals surface area (Å²) in [5, 5.41) is 0.816. The minimum Gasteiger partial charge on any atom is -0.468 e. The molecule has 1 aliphatic carbocycles. The molecule has 3 aromatic rings. The maximum absolute atomic E-state index is 13.6. The number of aryl methyl sites for hydroxylation is 3. The Kier molecular flexibility index (Phi) is 5.29. The van der Waals surface area contributed by atoms with E-state index in [0.29, 0.717) is 5.16 Å². The minimum absolute atomic E-state index is 0.0467. The normalized spacial score (nSPS) is 14.7. The largest absolute Gasteiger partial charge is 0.468 e. The first-order chi connectivity index (χ1) is 13.5. The van der Waals surface area contributed by atoms with E-state index in [1.165, 1.54) is 29.3 Å². The molecule has 0 radical (unpaired) electrons. The third-order valence-corrected chi connectivity index (χ3v) is 7.25. The van der Waals surface area contributed by atoms with E-state index in [4.69, 9.17) is 9.72 Å². The molecule has 0 saturated heterocycles. The number of esters is 1. The molecule has 4 rings (SSSR count). The van der Waals surface area contributed by atoms with Crippen LogP contribution in [0.15, 0.2) is 34.2 Å². The van der Waals surface area contributed by atoms with Crippen molar-refractivity contribution in [1.82, 2.24) is 9.55 Å². The summed E-state index contributed by atoms with van der Waals surface area (Å²) < 4.78 is 6.51. The number of thiophene rings is 1. The molecule has 1 unspecified atom stereocenters. The summed E-state index contributed by atoms with van der Waals surface area (Å²) in [5.41, 5.74) is 2.96. The Bertz CT molecular complexity index is 1120. The van der Waals surface area contributed by atoms with Gasteiger partial charge in [-0.2, -0.15) is 0 Å². The van der Waals surface area contributed by atoms with Crippen LogP contribution in [0.3, 0.4) is 0 Å². The Morgan fingerprint density at radius 1 is 1.32 bits per heavy atom. The Labute approximate surface area is 171 Å². The lowest BCUT2D eigenvalue weighted by Gasteiger charge is -2.15. The van der Waals surface area contributed by atoms with Gasteiger partial charge < -0.3 is 4.74 Å². The van der Waals surface area contributed by atoms with Crippen LogP contribution in [0, 0.1) is 6.92 Å². The second-order valence-corrected chi connectivity index (χ2v) is 9.44. The van der Waals surface area contributed by atoms with Crippen molar-refractivity contribution in [3.63, 3.8) is 0 Å². The number of fused-ring (bicyclic) bond motifs is 3. The van der Waals surface area contributed by atoms with Crippen molar-refractivity contribution in [2.24, 2.45) is 0 Å². The van der Waals surface area contributed by atoms with Crippen LogP contribution in [-0.2, 0) is 22.4 Å². The number of carbonyl (C=O) groups excluding carboxylic acids is 1. The zero-order valence-corrected chi connectivity index (χ0v) is 17.8. The van der Waals surface area contributed by atoms with E-state index in [-0.39, 0.29) is 11.5 Å². The van der Waals surface area contributed by atoms with Gasteiger partial charge in [0.15, 0.2) is 5.16 Å². The Morgan fingerprint density at radius 3 is 2.86 bits per heavy atom. The highest BCUT2D eigenvalue weighted by atomic mass is 32.2. The van der Waals surface area contributed by atoms with Crippen LogP contribution >= 0.6 is 23.1 Å². The lowest BCUT2D eigenvalue weighted by Crippen LogP contribution is -2.24. The third-order valence-electron chi connectivity index (χ3n) is 5.03. The number of methoxy groups -OCH3 is 1. The molecule has 146 valence electrons. The summed E-state index contributed by atoms with van der Waals surface area (Å²) in [6.45, 7) is 3.77. The molecule has 1 aromatic carbocycles. The fraction of sp³-hybridized carbons (Fsp3) is 0.381. The van der Waals surface area contributed by atoms with E-state index >= 15 is 0 Å². The highest BCUT2D eigenvalue weighted by molar-refractivity contribution is 8.00. The van der Waals surface area contributed by atoms with Gasteiger partial charge >= 0.3 is 5.97 Å². The molecule has 0 bridgehead atoms. The number of hydrogen-bond acceptors (Lipinski definition) is 6. The Balaban J connectivity index is 1.96. The van der Waals surface area contributed by atoms with Gasteiger partial charge in [0.2, 0.25) is 0 Å². The molecule has 0 fully saturated rings. The van der Waals surface area contributed by atoms with E-state index in [1.807, 2.05) is 31.2 Å².